The lowest BCUT2D eigenvalue weighted by molar-refractivity contribution is -0.387. The molecule has 2 aliphatic rings. The topological polar surface area (TPSA) is 55.2 Å². The smallest absolute Gasteiger partial charge is 0.282 e. The van der Waals surface area contributed by atoms with E-state index in [1.165, 1.54) is 34.8 Å². The van der Waals surface area contributed by atoms with Crippen LogP contribution in [0.2, 0.25) is 0 Å². The fraction of sp³-hybridized carbons (Fsp3) is 0.214. The van der Waals surface area contributed by atoms with E-state index in [-0.39, 0.29) is 44.9 Å². The van der Waals surface area contributed by atoms with E-state index in [4.69, 9.17) is 11.6 Å². The number of para-hydroxylation sites is 1. The van der Waals surface area contributed by atoms with Gasteiger partial charge < -0.3 is 5.32 Å². The van der Waals surface area contributed by atoms with Gasteiger partial charge in [0.05, 0.1) is 21.2 Å². The first kappa shape index (κ1) is 22.4. The lowest BCUT2D eigenvalue weighted by Crippen LogP contribution is -2.31. The molecule has 1 heterocycles. The van der Waals surface area contributed by atoms with Crippen LogP contribution in [0.4, 0.5) is 15.8 Å². The summed E-state index contributed by atoms with van der Waals surface area (Å²) in [7, 11) is 0. The lowest BCUT2D eigenvalue weighted by Gasteiger charge is -2.39. The summed E-state index contributed by atoms with van der Waals surface area (Å²) in [6, 6.07) is 26.0. The summed E-state index contributed by atoms with van der Waals surface area (Å²) in [5.41, 5.74) is 3.37. The monoisotopic (exact) mass is 504 g/mol. The molecule has 1 saturated carbocycles. The summed E-state index contributed by atoms with van der Waals surface area (Å²) in [4.78, 5) is 11.9. The third kappa shape index (κ3) is 3.85. The molecule has 35 heavy (non-hydrogen) atoms. The van der Waals surface area contributed by atoms with Gasteiger partial charge in [-0.1, -0.05) is 54.6 Å². The van der Waals surface area contributed by atoms with Gasteiger partial charge in [0, 0.05) is 22.9 Å². The molecule has 1 fully saturated rings. The van der Waals surface area contributed by atoms with Crippen molar-refractivity contribution in [2.45, 2.75) is 33.9 Å². The quantitative estimate of drug-likeness (QED) is 0.174. The van der Waals surface area contributed by atoms with E-state index in [1.54, 1.807) is 18.2 Å². The standard InChI is InChI=1S/C28H22ClFN2O2S/c29-27-24(35-23-8-4-3-7-22(23)32(33)34)15-20-26(27)25-19-6-2-1-5-16(19)11-14-21(25)31-28(20)17-9-12-18(30)13-10-17/h1-14,20,24,26-28,31H,15H2. The molecule has 0 amide bonds. The van der Waals surface area contributed by atoms with Gasteiger partial charge in [-0.05, 0) is 58.5 Å². The number of fused-ring (bicyclic) bond motifs is 5. The second-order valence-electron chi connectivity index (χ2n) is 9.17. The fourth-order valence-electron chi connectivity index (χ4n) is 5.77. The predicted molar refractivity (Wildman–Crippen MR) is 140 cm³/mol. The Labute approximate surface area is 211 Å². The van der Waals surface area contributed by atoms with Crippen LogP contribution < -0.4 is 5.32 Å². The van der Waals surface area contributed by atoms with Crippen molar-refractivity contribution in [2.24, 2.45) is 5.92 Å². The Bertz CT molecular complexity index is 1430. The Morgan fingerprint density at radius 1 is 0.971 bits per heavy atom. The maximum atomic E-state index is 13.7. The number of nitro benzene ring substituents is 1. The van der Waals surface area contributed by atoms with E-state index >= 15 is 0 Å². The van der Waals surface area contributed by atoms with Crippen LogP contribution in [0.1, 0.15) is 29.5 Å². The number of halogens is 2. The van der Waals surface area contributed by atoms with E-state index in [9.17, 15) is 14.5 Å². The number of thioether (sulfide) groups is 1. The number of nitro groups is 1. The fourth-order valence-corrected chi connectivity index (χ4v) is 7.70. The number of hydrogen-bond donors (Lipinski definition) is 1. The van der Waals surface area contributed by atoms with Gasteiger partial charge in [0.1, 0.15) is 5.82 Å². The minimum Gasteiger partial charge on any atom is -0.378 e. The summed E-state index contributed by atoms with van der Waals surface area (Å²) >= 11 is 8.76. The molecule has 4 nitrogen and oxygen atoms in total. The van der Waals surface area contributed by atoms with Crippen molar-refractivity contribution in [3.8, 4) is 0 Å². The van der Waals surface area contributed by atoms with E-state index in [1.807, 2.05) is 30.3 Å². The van der Waals surface area contributed by atoms with Crippen molar-refractivity contribution in [3.05, 3.63) is 112 Å². The maximum Gasteiger partial charge on any atom is 0.282 e. The number of alkyl halides is 1. The number of nitrogens with zero attached hydrogens (tertiary/aromatic N) is 1. The first-order chi connectivity index (χ1) is 17.0. The lowest BCUT2D eigenvalue weighted by atomic mass is 9.75. The van der Waals surface area contributed by atoms with Gasteiger partial charge in [-0.25, -0.2) is 4.39 Å². The molecule has 1 aliphatic heterocycles. The van der Waals surface area contributed by atoms with Crippen molar-refractivity contribution in [3.63, 3.8) is 0 Å². The van der Waals surface area contributed by atoms with Gasteiger partial charge in [0.2, 0.25) is 0 Å². The molecule has 0 aromatic heterocycles. The molecule has 6 rings (SSSR count). The van der Waals surface area contributed by atoms with Crippen molar-refractivity contribution in [2.75, 3.05) is 5.32 Å². The zero-order valence-electron chi connectivity index (χ0n) is 18.6. The first-order valence-electron chi connectivity index (χ1n) is 11.6. The number of hydrogen-bond acceptors (Lipinski definition) is 4. The van der Waals surface area contributed by atoms with Crippen LogP contribution in [0.3, 0.4) is 0 Å². The van der Waals surface area contributed by atoms with Gasteiger partial charge in [0.25, 0.3) is 5.69 Å². The van der Waals surface area contributed by atoms with E-state index in [0.717, 1.165) is 23.1 Å². The minimum absolute atomic E-state index is 0.0116. The van der Waals surface area contributed by atoms with Crippen LogP contribution in [-0.4, -0.2) is 15.6 Å². The summed E-state index contributed by atoms with van der Waals surface area (Å²) < 4.78 is 13.7. The average molecular weight is 505 g/mol. The first-order valence-corrected chi connectivity index (χ1v) is 12.9. The highest BCUT2D eigenvalue weighted by Gasteiger charge is 2.50. The third-order valence-corrected chi connectivity index (χ3v) is 9.39. The number of rotatable bonds is 4. The zero-order valence-corrected chi connectivity index (χ0v) is 20.2. The molecular weight excluding hydrogens is 483 g/mol. The molecule has 1 N–H and O–H groups in total. The molecule has 4 aromatic carbocycles. The maximum absolute atomic E-state index is 13.7. The summed E-state index contributed by atoms with van der Waals surface area (Å²) in [5.74, 6) is -0.0603. The minimum atomic E-state index is -0.334. The molecule has 5 atom stereocenters. The van der Waals surface area contributed by atoms with Gasteiger partial charge in [0.15, 0.2) is 0 Å². The Balaban J connectivity index is 1.45. The molecule has 5 unspecified atom stereocenters. The molecule has 176 valence electrons. The number of anilines is 1. The van der Waals surface area contributed by atoms with E-state index in [0.29, 0.717) is 4.90 Å². The molecule has 0 saturated heterocycles. The van der Waals surface area contributed by atoms with Crippen LogP contribution >= 0.6 is 23.4 Å². The SMILES string of the molecule is O=[N+]([O-])c1ccccc1SC1CC2C(c3ccc(F)cc3)Nc3ccc4ccccc4c3C2C1Cl. The Morgan fingerprint density at radius 2 is 1.71 bits per heavy atom. The summed E-state index contributed by atoms with van der Waals surface area (Å²) in [6.07, 6.45) is 0.785. The normalized spacial score (nSPS) is 25.0. The average Bonchev–Trinajstić information content (AvgIpc) is 3.20. The van der Waals surface area contributed by atoms with Crippen LogP contribution in [0, 0.1) is 21.8 Å². The largest absolute Gasteiger partial charge is 0.378 e. The Kier molecular flexibility index (Phi) is 5.66. The molecule has 4 aromatic rings. The molecular formula is C28H22ClFN2O2S. The molecule has 0 spiro atoms. The third-order valence-electron chi connectivity index (χ3n) is 7.28. The second kappa shape index (κ2) is 8.85. The van der Waals surface area contributed by atoms with Gasteiger partial charge >= 0.3 is 0 Å². The Morgan fingerprint density at radius 3 is 2.51 bits per heavy atom. The highest BCUT2D eigenvalue weighted by Crippen LogP contribution is 2.59. The summed E-state index contributed by atoms with van der Waals surface area (Å²) in [5, 5.41) is 17.5. The molecule has 1 aliphatic carbocycles. The van der Waals surface area contributed by atoms with Gasteiger partial charge in [-0.15, -0.1) is 23.4 Å². The predicted octanol–water partition coefficient (Wildman–Crippen LogP) is 7.93. The van der Waals surface area contributed by atoms with Gasteiger partial charge in [-0.2, -0.15) is 0 Å². The van der Waals surface area contributed by atoms with Crippen molar-refractivity contribution in [1.29, 1.82) is 0 Å². The van der Waals surface area contributed by atoms with Crippen LogP contribution in [-0.2, 0) is 0 Å². The number of benzene rings is 4. The van der Waals surface area contributed by atoms with Crippen molar-refractivity contribution in [1.82, 2.24) is 0 Å². The van der Waals surface area contributed by atoms with Crippen molar-refractivity contribution >= 4 is 45.5 Å². The second-order valence-corrected chi connectivity index (χ2v) is 11.0. The Hall–Kier alpha value is -3.09. The zero-order chi connectivity index (χ0) is 24.1. The highest BCUT2D eigenvalue weighted by molar-refractivity contribution is 8.00. The van der Waals surface area contributed by atoms with E-state index < -0.39 is 0 Å². The highest BCUT2D eigenvalue weighted by atomic mass is 35.5. The summed E-state index contributed by atoms with van der Waals surface area (Å²) in [6.45, 7) is 0. The van der Waals surface area contributed by atoms with Gasteiger partial charge in [-0.3, -0.25) is 10.1 Å². The molecule has 7 heteroatoms. The van der Waals surface area contributed by atoms with Crippen LogP contribution in [0.5, 0.6) is 0 Å². The molecule has 0 bridgehead atoms. The number of nitrogens with one attached hydrogen (secondary N) is 1. The van der Waals surface area contributed by atoms with E-state index in [2.05, 4.69) is 29.6 Å². The molecule has 0 radical (unpaired) electrons. The van der Waals surface area contributed by atoms with Crippen molar-refractivity contribution < 1.29 is 9.31 Å². The van der Waals surface area contributed by atoms with Crippen LogP contribution in [0.25, 0.3) is 10.8 Å². The van der Waals surface area contributed by atoms with Crippen LogP contribution in [0.15, 0.2) is 89.8 Å².